The van der Waals surface area contributed by atoms with Crippen LogP contribution in [0.4, 0.5) is 0 Å². The zero-order valence-corrected chi connectivity index (χ0v) is 10.8. The lowest BCUT2D eigenvalue weighted by molar-refractivity contribution is 0.223. The van der Waals surface area contributed by atoms with Crippen molar-refractivity contribution in [1.82, 2.24) is 0 Å². The lowest BCUT2D eigenvalue weighted by Gasteiger charge is -2.13. The molecule has 0 saturated carbocycles. The SMILES string of the molecule is Cc1ccc(Cl)cc1C(O)c1sccc1C. The molecule has 2 rings (SSSR count). The van der Waals surface area contributed by atoms with Crippen LogP contribution in [0.15, 0.2) is 29.6 Å². The van der Waals surface area contributed by atoms with Crippen molar-refractivity contribution in [2.24, 2.45) is 0 Å². The van der Waals surface area contributed by atoms with Crippen molar-refractivity contribution < 1.29 is 5.11 Å². The van der Waals surface area contributed by atoms with Crippen LogP contribution in [0.1, 0.15) is 27.7 Å². The average molecular weight is 253 g/mol. The monoisotopic (exact) mass is 252 g/mol. The van der Waals surface area contributed by atoms with E-state index in [4.69, 9.17) is 11.6 Å². The first-order valence-corrected chi connectivity index (χ1v) is 6.33. The molecule has 0 aliphatic heterocycles. The molecule has 1 atom stereocenters. The normalized spacial score (nSPS) is 12.8. The average Bonchev–Trinajstić information content (AvgIpc) is 2.67. The third kappa shape index (κ3) is 2.14. The van der Waals surface area contributed by atoms with Crippen molar-refractivity contribution in [2.45, 2.75) is 20.0 Å². The molecule has 84 valence electrons. The summed E-state index contributed by atoms with van der Waals surface area (Å²) in [6.07, 6.45) is -0.571. The summed E-state index contributed by atoms with van der Waals surface area (Å²) in [5.74, 6) is 0. The summed E-state index contributed by atoms with van der Waals surface area (Å²) in [6, 6.07) is 7.63. The Morgan fingerprint density at radius 3 is 2.56 bits per heavy atom. The van der Waals surface area contributed by atoms with Crippen LogP contribution in [0.25, 0.3) is 0 Å². The fourth-order valence-electron chi connectivity index (χ4n) is 1.71. The summed E-state index contributed by atoms with van der Waals surface area (Å²) in [7, 11) is 0. The Morgan fingerprint density at radius 2 is 1.94 bits per heavy atom. The number of hydrogen-bond donors (Lipinski definition) is 1. The molecular formula is C13H13ClOS. The van der Waals surface area contributed by atoms with E-state index in [0.29, 0.717) is 5.02 Å². The van der Waals surface area contributed by atoms with Crippen LogP contribution >= 0.6 is 22.9 Å². The first-order valence-electron chi connectivity index (χ1n) is 5.07. The number of aliphatic hydroxyl groups excluding tert-OH is 1. The first kappa shape index (κ1) is 11.6. The van der Waals surface area contributed by atoms with E-state index in [9.17, 15) is 5.11 Å². The van der Waals surface area contributed by atoms with Gasteiger partial charge >= 0.3 is 0 Å². The molecule has 3 heteroatoms. The Morgan fingerprint density at radius 1 is 1.19 bits per heavy atom. The van der Waals surface area contributed by atoms with Crippen molar-refractivity contribution in [3.8, 4) is 0 Å². The Labute approximate surface area is 104 Å². The minimum absolute atomic E-state index is 0.571. The number of rotatable bonds is 2. The molecule has 1 heterocycles. The Hall–Kier alpha value is -0.830. The summed E-state index contributed by atoms with van der Waals surface area (Å²) in [4.78, 5) is 0.991. The molecule has 1 nitrogen and oxygen atoms in total. The second-order valence-corrected chi connectivity index (χ2v) is 5.26. The minimum atomic E-state index is -0.571. The molecule has 0 spiro atoms. The van der Waals surface area contributed by atoms with Crippen LogP contribution < -0.4 is 0 Å². The molecule has 0 saturated heterocycles. The van der Waals surface area contributed by atoms with Crippen LogP contribution in [0, 0.1) is 13.8 Å². The predicted molar refractivity (Wildman–Crippen MR) is 69.3 cm³/mol. The number of thiophene rings is 1. The molecule has 0 fully saturated rings. The molecule has 0 aliphatic carbocycles. The van der Waals surface area contributed by atoms with Gasteiger partial charge in [-0.25, -0.2) is 0 Å². The van der Waals surface area contributed by atoms with E-state index in [-0.39, 0.29) is 0 Å². The Balaban J connectivity index is 2.45. The number of aliphatic hydroxyl groups is 1. The lowest BCUT2D eigenvalue weighted by atomic mass is 10.0. The van der Waals surface area contributed by atoms with E-state index in [0.717, 1.165) is 21.6 Å². The van der Waals surface area contributed by atoms with Crippen LogP contribution in [0.2, 0.25) is 5.02 Å². The van der Waals surface area contributed by atoms with Gasteiger partial charge in [0.25, 0.3) is 0 Å². The van der Waals surface area contributed by atoms with Gasteiger partial charge in [-0.05, 0) is 54.1 Å². The number of benzene rings is 1. The van der Waals surface area contributed by atoms with Gasteiger partial charge in [-0.2, -0.15) is 0 Å². The highest BCUT2D eigenvalue weighted by Crippen LogP contribution is 2.32. The van der Waals surface area contributed by atoms with Crippen molar-refractivity contribution in [1.29, 1.82) is 0 Å². The molecule has 0 bridgehead atoms. The van der Waals surface area contributed by atoms with E-state index >= 15 is 0 Å². The van der Waals surface area contributed by atoms with E-state index < -0.39 is 6.10 Å². The number of halogens is 1. The summed E-state index contributed by atoms with van der Waals surface area (Å²) in [5.41, 5.74) is 3.07. The van der Waals surface area contributed by atoms with Crippen LogP contribution in [0.5, 0.6) is 0 Å². The number of hydrogen-bond acceptors (Lipinski definition) is 2. The Bertz CT molecular complexity index is 504. The molecule has 0 amide bonds. The van der Waals surface area contributed by atoms with E-state index in [1.54, 1.807) is 11.3 Å². The third-order valence-electron chi connectivity index (χ3n) is 2.69. The lowest BCUT2D eigenvalue weighted by Crippen LogP contribution is -2.01. The summed E-state index contributed by atoms with van der Waals surface area (Å²) in [6.45, 7) is 3.99. The summed E-state index contributed by atoms with van der Waals surface area (Å²) < 4.78 is 0. The maximum atomic E-state index is 10.3. The molecule has 16 heavy (non-hydrogen) atoms. The largest absolute Gasteiger partial charge is 0.383 e. The second kappa shape index (κ2) is 4.58. The van der Waals surface area contributed by atoms with Gasteiger partial charge < -0.3 is 5.11 Å². The molecule has 1 aromatic heterocycles. The molecule has 1 N–H and O–H groups in total. The maximum Gasteiger partial charge on any atom is 0.114 e. The summed E-state index contributed by atoms with van der Waals surface area (Å²) in [5, 5.41) is 13.0. The van der Waals surface area contributed by atoms with Crippen LogP contribution in [-0.2, 0) is 0 Å². The summed E-state index contributed by atoms with van der Waals surface area (Å²) >= 11 is 7.53. The molecule has 0 aliphatic rings. The quantitative estimate of drug-likeness (QED) is 0.853. The van der Waals surface area contributed by atoms with E-state index in [1.165, 1.54) is 0 Å². The standard InChI is InChI=1S/C13H13ClOS/c1-8-3-4-10(14)7-11(8)12(15)13-9(2)5-6-16-13/h3-7,12,15H,1-2H3. The Kier molecular flexibility index (Phi) is 3.33. The highest BCUT2D eigenvalue weighted by molar-refractivity contribution is 7.10. The predicted octanol–water partition coefficient (Wildman–Crippen LogP) is 4.10. The van der Waals surface area contributed by atoms with Crippen LogP contribution in [0.3, 0.4) is 0 Å². The van der Waals surface area contributed by atoms with Gasteiger partial charge in [0.2, 0.25) is 0 Å². The zero-order chi connectivity index (χ0) is 11.7. The number of aryl methyl sites for hydroxylation is 2. The van der Waals surface area contributed by atoms with Gasteiger partial charge in [0.05, 0.1) is 0 Å². The highest BCUT2D eigenvalue weighted by Gasteiger charge is 2.16. The minimum Gasteiger partial charge on any atom is -0.383 e. The smallest absolute Gasteiger partial charge is 0.114 e. The molecule has 1 unspecified atom stereocenters. The van der Waals surface area contributed by atoms with Crippen molar-refractivity contribution >= 4 is 22.9 Å². The van der Waals surface area contributed by atoms with Gasteiger partial charge in [0, 0.05) is 9.90 Å². The van der Waals surface area contributed by atoms with Crippen molar-refractivity contribution in [3.05, 3.63) is 56.2 Å². The van der Waals surface area contributed by atoms with Gasteiger partial charge in [0.15, 0.2) is 0 Å². The third-order valence-corrected chi connectivity index (χ3v) is 3.99. The fraction of sp³-hybridized carbons (Fsp3) is 0.231. The van der Waals surface area contributed by atoms with Gasteiger partial charge in [-0.3, -0.25) is 0 Å². The molecular weight excluding hydrogens is 240 g/mol. The molecule has 2 aromatic rings. The van der Waals surface area contributed by atoms with Gasteiger partial charge in [0.1, 0.15) is 6.10 Å². The highest BCUT2D eigenvalue weighted by atomic mass is 35.5. The van der Waals surface area contributed by atoms with E-state index in [1.807, 2.05) is 43.5 Å². The molecule has 1 aromatic carbocycles. The van der Waals surface area contributed by atoms with E-state index in [2.05, 4.69) is 0 Å². The van der Waals surface area contributed by atoms with Gasteiger partial charge in [-0.1, -0.05) is 17.7 Å². The van der Waals surface area contributed by atoms with Gasteiger partial charge in [-0.15, -0.1) is 11.3 Å². The zero-order valence-electron chi connectivity index (χ0n) is 9.20. The van der Waals surface area contributed by atoms with Crippen molar-refractivity contribution in [2.75, 3.05) is 0 Å². The van der Waals surface area contributed by atoms with Crippen molar-refractivity contribution in [3.63, 3.8) is 0 Å². The first-order chi connectivity index (χ1) is 7.59. The molecule has 0 radical (unpaired) electrons. The second-order valence-electron chi connectivity index (χ2n) is 3.87. The fourth-order valence-corrected chi connectivity index (χ4v) is 2.82. The van der Waals surface area contributed by atoms with Crippen LogP contribution in [-0.4, -0.2) is 5.11 Å². The maximum absolute atomic E-state index is 10.3. The topological polar surface area (TPSA) is 20.2 Å².